The normalized spacial score (nSPS) is 9.50. The third-order valence-corrected chi connectivity index (χ3v) is 2.92. The summed E-state index contributed by atoms with van der Waals surface area (Å²) in [6, 6.07) is 9.42. The van der Waals surface area contributed by atoms with E-state index >= 15 is 0 Å². The molecule has 0 saturated heterocycles. The van der Waals surface area contributed by atoms with Crippen molar-refractivity contribution in [1.29, 1.82) is 0 Å². The highest BCUT2D eigenvalue weighted by Crippen LogP contribution is 2.31. The van der Waals surface area contributed by atoms with Crippen molar-refractivity contribution in [2.24, 2.45) is 5.11 Å². The monoisotopic (exact) mass is 230 g/mol. The van der Waals surface area contributed by atoms with E-state index in [1.165, 1.54) is 11.3 Å². The van der Waals surface area contributed by atoms with Crippen LogP contribution in [0.3, 0.4) is 0 Å². The molecule has 0 aliphatic heterocycles. The molecule has 0 unspecified atom stereocenters. The summed E-state index contributed by atoms with van der Waals surface area (Å²) in [4.78, 5) is 17.8. The van der Waals surface area contributed by atoms with Crippen LogP contribution >= 0.6 is 11.3 Å². The van der Waals surface area contributed by atoms with Crippen LogP contribution in [-0.4, -0.2) is 11.3 Å². The van der Waals surface area contributed by atoms with Gasteiger partial charge in [-0.1, -0.05) is 30.3 Å². The number of rotatable bonds is 3. The van der Waals surface area contributed by atoms with Gasteiger partial charge in [-0.05, 0) is 10.6 Å². The quantitative estimate of drug-likeness (QED) is 0.349. The largest absolute Gasteiger partial charge is 0.297 e. The fourth-order valence-corrected chi connectivity index (χ4v) is 2.04. The van der Waals surface area contributed by atoms with Gasteiger partial charge in [0.15, 0.2) is 6.29 Å². The van der Waals surface area contributed by atoms with Crippen molar-refractivity contribution in [3.8, 4) is 10.6 Å². The molecule has 0 bridgehead atoms. The second kappa shape index (κ2) is 4.57. The number of hydrogen-bond acceptors (Lipinski definition) is 4. The van der Waals surface area contributed by atoms with E-state index in [2.05, 4.69) is 15.0 Å². The summed E-state index contributed by atoms with van der Waals surface area (Å²) in [6.45, 7) is 0. The highest BCUT2D eigenvalue weighted by Gasteiger charge is 2.10. The maximum Gasteiger partial charge on any atom is 0.162 e. The van der Waals surface area contributed by atoms with Crippen molar-refractivity contribution < 1.29 is 4.79 Å². The fraction of sp³-hybridized carbons (Fsp3) is 0. The van der Waals surface area contributed by atoms with Crippen LogP contribution in [0.25, 0.3) is 21.0 Å². The van der Waals surface area contributed by atoms with Gasteiger partial charge in [0.25, 0.3) is 0 Å². The van der Waals surface area contributed by atoms with Crippen molar-refractivity contribution in [2.45, 2.75) is 0 Å². The lowest BCUT2D eigenvalue weighted by Crippen LogP contribution is -1.73. The Morgan fingerprint density at radius 1 is 1.38 bits per heavy atom. The van der Waals surface area contributed by atoms with Crippen molar-refractivity contribution >= 4 is 23.4 Å². The number of thiazole rings is 1. The molecule has 0 saturated carbocycles. The third-order valence-electron chi connectivity index (χ3n) is 1.90. The first-order valence-corrected chi connectivity index (χ1v) is 5.23. The predicted octanol–water partition coefficient (Wildman–Crippen LogP) is 3.56. The SMILES string of the molecule is [N-]=[N+]=Nc1nc(-c2ccccc2)sc1C=O. The van der Waals surface area contributed by atoms with Crippen molar-refractivity contribution in [1.82, 2.24) is 4.98 Å². The van der Waals surface area contributed by atoms with Gasteiger partial charge in [-0.25, -0.2) is 4.98 Å². The number of aldehydes is 1. The van der Waals surface area contributed by atoms with Gasteiger partial charge in [-0.2, -0.15) is 0 Å². The molecule has 1 aromatic carbocycles. The van der Waals surface area contributed by atoms with Crippen LogP contribution in [0, 0.1) is 0 Å². The van der Waals surface area contributed by atoms with Crippen molar-refractivity contribution in [3.05, 3.63) is 45.7 Å². The zero-order chi connectivity index (χ0) is 11.4. The maximum absolute atomic E-state index is 10.7. The lowest BCUT2D eigenvalue weighted by Gasteiger charge is -1.92. The Bertz CT molecular complexity index is 557. The average Bonchev–Trinajstić information content (AvgIpc) is 2.74. The van der Waals surface area contributed by atoms with Gasteiger partial charge in [0.1, 0.15) is 10.8 Å². The molecule has 0 fully saturated rings. The molecule has 6 heteroatoms. The molecule has 1 aromatic heterocycles. The van der Waals surface area contributed by atoms with Crippen molar-refractivity contribution in [3.63, 3.8) is 0 Å². The molecular weight excluding hydrogens is 224 g/mol. The highest BCUT2D eigenvalue weighted by molar-refractivity contribution is 7.17. The van der Waals surface area contributed by atoms with Gasteiger partial charge in [0.05, 0.1) is 4.88 Å². The molecule has 0 aliphatic rings. The van der Waals surface area contributed by atoms with Crippen LogP contribution in [-0.2, 0) is 0 Å². The third kappa shape index (κ3) is 1.93. The Labute approximate surface area is 95.0 Å². The summed E-state index contributed by atoms with van der Waals surface area (Å²) in [5.74, 6) is 0.140. The van der Waals surface area contributed by atoms with Crippen LogP contribution < -0.4 is 0 Å². The zero-order valence-electron chi connectivity index (χ0n) is 8.07. The first-order chi connectivity index (χ1) is 7.85. The Kier molecular flexibility index (Phi) is 2.95. The van der Waals surface area contributed by atoms with E-state index in [0.717, 1.165) is 5.56 Å². The summed E-state index contributed by atoms with van der Waals surface area (Å²) in [6.07, 6.45) is 0.647. The Morgan fingerprint density at radius 3 is 2.75 bits per heavy atom. The van der Waals surface area contributed by atoms with E-state index in [9.17, 15) is 4.79 Å². The molecular formula is C10H6N4OS. The number of benzene rings is 1. The second-order valence-corrected chi connectivity index (χ2v) is 3.91. The highest BCUT2D eigenvalue weighted by atomic mass is 32.1. The Morgan fingerprint density at radius 2 is 2.12 bits per heavy atom. The summed E-state index contributed by atoms with van der Waals surface area (Å²) in [7, 11) is 0. The standard InChI is InChI=1S/C10H6N4OS/c11-14-13-9-8(6-15)16-10(12-9)7-4-2-1-3-5-7/h1-6H. The van der Waals surface area contributed by atoms with E-state index in [1.807, 2.05) is 30.3 Å². The second-order valence-electron chi connectivity index (χ2n) is 2.88. The zero-order valence-corrected chi connectivity index (χ0v) is 8.89. The van der Waals surface area contributed by atoms with Gasteiger partial charge in [-0.15, -0.1) is 11.3 Å². The van der Waals surface area contributed by atoms with Crippen LogP contribution in [0.1, 0.15) is 9.67 Å². The number of carbonyl (C=O) groups is 1. The van der Waals surface area contributed by atoms with Crippen LogP contribution in [0.2, 0.25) is 0 Å². The lowest BCUT2D eigenvalue weighted by atomic mass is 10.2. The number of carbonyl (C=O) groups excluding carboxylic acids is 1. The molecule has 0 radical (unpaired) electrons. The molecule has 5 nitrogen and oxygen atoms in total. The van der Waals surface area contributed by atoms with Gasteiger partial charge in [-0.3, -0.25) is 4.79 Å². The molecule has 2 rings (SSSR count). The van der Waals surface area contributed by atoms with Gasteiger partial charge >= 0.3 is 0 Å². The minimum Gasteiger partial charge on any atom is -0.297 e. The van der Waals surface area contributed by atoms with Crippen LogP contribution in [0.4, 0.5) is 5.82 Å². The molecule has 78 valence electrons. The molecule has 2 aromatic rings. The molecule has 16 heavy (non-hydrogen) atoms. The number of aromatic nitrogens is 1. The molecule has 0 N–H and O–H groups in total. The van der Waals surface area contributed by atoms with E-state index in [1.54, 1.807) is 0 Å². The van der Waals surface area contributed by atoms with Crippen molar-refractivity contribution in [2.75, 3.05) is 0 Å². The summed E-state index contributed by atoms with van der Waals surface area (Å²) in [5, 5.41) is 4.04. The topological polar surface area (TPSA) is 78.7 Å². The first kappa shape index (κ1) is 10.4. The van der Waals surface area contributed by atoms with Gasteiger partial charge in [0, 0.05) is 10.5 Å². The fourth-order valence-electron chi connectivity index (χ4n) is 1.22. The average molecular weight is 230 g/mol. The molecule has 0 spiro atoms. The molecule has 0 amide bonds. The molecule has 0 aliphatic carbocycles. The Hall–Kier alpha value is -2.17. The lowest BCUT2D eigenvalue weighted by molar-refractivity contribution is 0.112. The summed E-state index contributed by atoms with van der Waals surface area (Å²) >= 11 is 1.21. The van der Waals surface area contributed by atoms with E-state index in [-0.39, 0.29) is 5.82 Å². The van der Waals surface area contributed by atoms with Crippen LogP contribution in [0.5, 0.6) is 0 Å². The van der Waals surface area contributed by atoms with E-state index in [0.29, 0.717) is 16.2 Å². The molecule has 0 atom stereocenters. The van der Waals surface area contributed by atoms with Crippen LogP contribution in [0.15, 0.2) is 35.4 Å². The van der Waals surface area contributed by atoms with Gasteiger partial charge in [0.2, 0.25) is 0 Å². The molecule has 1 heterocycles. The summed E-state index contributed by atoms with van der Waals surface area (Å²) < 4.78 is 0. The smallest absolute Gasteiger partial charge is 0.162 e. The summed E-state index contributed by atoms with van der Waals surface area (Å²) in [5.41, 5.74) is 9.22. The van der Waals surface area contributed by atoms with E-state index < -0.39 is 0 Å². The predicted molar refractivity (Wildman–Crippen MR) is 61.7 cm³/mol. The Balaban J connectivity index is 2.52. The number of nitrogens with zero attached hydrogens (tertiary/aromatic N) is 4. The minimum atomic E-state index is 0.140. The maximum atomic E-state index is 10.7. The minimum absolute atomic E-state index is 0.140. The number of azide groups is 1. The number of hydrogen-bond donors (Lipinski definition) is 0. The van der Waals surface area contributed by atoms with E-state index in [4.69, 9.17) is 5.53 Å². The van der Waals surface area contributed by atoms with Gasteiger partial charge < -0.3 is 0 Å². The first-order valence-electron chi connectivity index (χ1n) is 4.41.